The molecule has 9 aromatic rings. The molecule has 2 aromatic heterocycles. The largest absolute Gasteiger partial charge is 0.507 e. The quantitative estimate of drug-likeness (QED) is 0.208. The maximum atomic E-state index is 12.3. The molecule has 5 nitrogen and oxygen atoms in total. The summed E-state index contributed by atoms with van der Waals surface area (Å²) in [5.74, 6) is 1.70. The van der Waals surface area contributed by atoms with E-state index >= 15 is 0 Å². The van der Waals surface area contributed by atoms with Gasteiger partial charge in [-0.15, -0.1) is 0 Å². The number of aromatic hydroxyl groups is 1. The highest BCUT2D eigenvalue weighted by Gasteiger charge is 2.23. The molecule has 0 bridgehead atoms. The summed E-state index contributed by atoms with van der Waals surface area (Å²) in [4.78, 5) is 15.0. The van der Waals surface area contributed by atoms with Gasteiger partial charge in [0.2, 0.25) is 0 Å². The molecule has 0 aliphatic carbocycles. The first-order valence-corrected chi connectivity index (χ1v) is 15.8. The normalized spacial score (nSPS) is 11.4. The van der Waals surface area contributed by atoms with Crippen LogP contribution >= 0.6 is 0 Å². The third-order valence-electron chi connectivity index (χ3n) is 8.85. The highest BCUT2D eigenvalue weighted by Crippen LogP contribution is 2.46. The Labute approximate surface area is 276 Å². The van der Waals surface area contributed by atoms with Crippen LogP contribution in [0.2, 0.25) is 0 Å². The molecule has 2 heterocycles. The second-order valence-electron chi connectivity index (χ2n) is 11.8. The molecular weight excluding hydrogens is 590 g/mol. The number of rotatable bonds is 5. The van der Waals surface area contributed by atoms with E-state index in [1.807, 2.05) is 121 Å². The second kappa shape index (κ2) is 11.3. The van der Waals surface area contributed by atoms with Gasteiger partial charge in [-0.25, -0.2) is 15.0 Å². The fourth-order valence-electron chi connectivity index (χ4n) is 6.52. The predicted molar refractivity (Wildman–Crippen MR) is 193 cm³/mol. The number of phenolic OH excluding ortho intramolecular Hbond substituents is 1. The van der Waals surface area contributed by atoms with Crippen molar-refractivity contribution in [1.82, 2.24) is 15.0 Å². The van der Waals surface area contributed by atoms with E-state index in [0.717, 1.165) is 55.0 Å². The lowest BCUT2D eigenvalue weighted by Crippen LogP contribution is -2.01. The summed E-state index contributed by atoms with van der Waals surface area (Å²) < 4.78 is 6.37. The maximum absolute atomic E-state index is 12.3. The van der Waals surface area contributed by atoms with Crippen LogP contribution in [0.15, 0.2) is 162 Å². The van der Waals surface area contributed by atoms with Crippen molar-refractivity contribution in [2.75, 3.05) is 0 Å². The van der Waals surface area contributed by atoms with Crippen molar-refractivity contribution in [3.63, 3.8) is 0 Å². The lowest BCUT2D eigenvalue weighted by atomic mass is 9.92. The summed E-state index contributed by atoms with van der Waals surface area (Å²) in [5.41, 5.74) is 6.94. The Balaban J connectivity index is 1.29. The van der Waals surface area contributed by atoms with Gasteiger partial charge in [0.1, 0.15) is 16.9 Å². The fourth-order valence-corrected chi connectivity index (χ4v) is 6.52. The van der Waals surface area contributed by atoms with Crippen molar-refractivity contribution in [2.24, 2.45) is 0 Å². The molecule has 48 heavy (non-hydrogen) atoms. The highest BCUT2D eigenvalue weighted by atomic mass is 16.3. The first-order valence-electron chi connectivity index (χ1n) is 15.8. The zero-order valence-electron chi connectivity index (χ0n) is 25.7. The molecule has 0 spiro atoms. The van der Waals surface area contributed by atoms with Gasteiger partial charge < -0.3 is 9.52 Å². The zero-order chi connectivity index (χ0) is 32.0. The number of fused-ring (bicyclic) bond motifs is 4. The SMILES string of the molecule is Oc1c(-c2cccc3c2oc2ccccc23)ccc(-c2nc(-c3ccccc3)nc(-c3ccc4ccccc4c3)n2)c1-c1ccccc1. The number of nitrogens with zero attached hydrogens (tertiary/aromatic N) is 3. The van der Waals surface area contributed by atoms with Crippen LogP contribution in [0.4, 0.5) is 0 Å². The van der Waals surface area contributed by atoms with Gasteiger partial charge in [-0.2, -0.15) is 0 Å². The Morgan fingerprint density at radius 1 is 0.417 bits per heavy atom. The summed E-state index contributed by atoms with van der Waals surface area (Å²) in [6.45, 7) is 0. The molecule has 7 aromatic carbocycles. The molecule has 226 valence electrons. The molecule has 0 fully saturated rings. The lowest BCUT2D eigenvalue weighted by Gasteiger charge is -2.16. The smallest absolute Gasteiger partial charge is 0.164 e. The Hall–Kier alpha value is -6.59. The Bertz CT molecular complexity index is 2630. The summed E-state index contributed by atoms with van der Waals surface area (Å²) in [5, 5.41) is 16.5. The number of aromatic nitrogens is 3. The van der Waals surface area contributed by atoms with Crippen molar-refractivity contribution in [2.45, 2.75) is 0 Å². The molecule has 1 N–H and O–H groups in total. The molecule has 0 saturated carbocycles. The van der Waals surface area contributed by atoms with E-state index in [9.17, 15) is 5.11 Å². The molecule has 0 aliphatic heterocycles. The van der Waals surface area contributed by atoms with Crippen molar-refractivity contribution >= 4 is 32.7 Å². The minimum atomic E-state index is 0.126. The van der Waals surface area contributed by atoms with Gasteiger partial charge in [0.25, 0.3) is 0 Å². The summed E-state index contributed by atoms with van der Waals surface area (Å²) in [7, 11) is 0. The minimum Gasteiger partial charge on any atom is -0.507 e. The summed E-state index contributed by atoms with van der Waals surface area (Å²) in [6, 6.07) is 52.3. The minimum absolute atomic E-state index is 0.126. The Morgan fingerprint density at radius 2 is 1.04 bits per heavy atom. The van der Waals surface area contributed by atoms with Crippen LogP contribution in [0.3, 0.4) is 0 Å². The van der Waals surface area contributed by atoms with Crippen LogP contribution in [0.5, 0.6) is 5.75 Å². The van der Waals surface area contributed by atoms with Gasteiger partial charge in [-0.3, -0.25) is 0 Å². The van der Waals surface area contributed by atoms with Gasteiger partial charge in [0, 0.05) is 44.2 Å². The zero-order valence-corrected chi connectivity index (χ0v) is 25.7. The van der Waals surface area contributed by atoms with E-state index in [4.69, 9.17) is 19.4 Å². The van der Waals surface area contributed by atoms with Crippen molar-refractivity contribution in [1.29, 1.82) is 0 Å². The topological polar surface area (TPSA) is 72.0 Å². The molecule has 0 atom stereocenters. The monoisotopic (exact) mass is 617 g/mol. The lowest BCUT2D eigenvalue weighted by molar-refractivity contribution is 0.479. The first-order chi connectivity index (χ1) is 23.7. The van der Waals surface area contributed by atoms with E-state index in [-0.39, 0.29) is 5.75 Å². The molecule has 9 rings (SSSR count). The predicted octanol–water partition coefficient (Wildman–Crippen LogP) is 11.0. The molecule has 0 amide bonds. The average Bonchev–Trinajstić information content (AvgIpc) is 3.54. The molecule has 0 saturated heterocycles. The third kappa shape index (κ3) is 4.68. The van der Waals surface area contributed by atoms with E-state index in [1.165, 1.54) is 0 Å². The van der Waals surface area contributed by atoms with E-state index in [2.05, 4.69) is 36.4 Å². The average molecular weight is 618 g/mol. The van der Waals surface area contributed by atoms with Crippen LogP contribution in [-0.4, -0.2) is 20.1 Å². The van der Waals surface area contributed by atoms with Crippen LogP contribution in [0.1, 0.15) is 0 Å². The van der Waals surface area contributed by atoms with Crippen molar-refractivity contribution in [3.05, 3.63) is 158 Å². The van der Waals surface area contributed by atoms with Gasteiger partial charge in [-0.05, 0) is 40.6 Å². The third-order valence-corrected chi connectivity index (χ3v) is 8.85. The number of phenols is 1. The van der Waals surface area contributed by atoms with Gasteiger partial charge in [0.15, 0.2) is 17.5 Å². The summed E-state index contributed by atoms with van der Waals surface area (Å²) >= 11 is 0. The fraction of sp³-hybridized carbons (Fsp3) is 0. The standard InChI is InChI=1S/C43H27N3O2/c47-39-33(35-20-11-19-34-32-18-9-10-21-37(32)48-40(34)35)24-25-36(38(39)28-13-3-1-4-14-28)43-45-41(29-15-5-2-6-16-29)44-42(46-43)31-23-22-27-12-7-8-17-30(27)26-31/h1-26,47H. The van der Waals surface area contributed by atoms with Crippen LogP contribution in [0, 0.1) is 0 Å². The molecular formula is C43H27N3O2. The number of hydrogen-bond acceptors (Lipinski definition) is 5. The molecule has 0 radical (unpaired) electrons. The first kappa shape index (κ1) is 27.7. The van der Waals surface area contributed by atoms with Crippen molar-refractivity contribution in [3.8, 4) is 62.2 Å². The van der Waals surface area contributed by atoms with Crippen molar-refractivity contribution < 1.29 is 9.52 Å². The maximum Gasteiger partial charge on any atom is 0.164 e. The second-order valence-corrected chi connectivity index (χ2v) is 11.8. The van der Waals surface area contributed by atoms with E-state index in [1.54, 1.807) is 0 Å². The van der Waals surface area contributed by atoms with Gasteiger partial charge in [0.05, 0.1) is 0 Å². The molecule has 5 heteroatoms. The number of furan rings is 1. The van der Waals surface area contributed by atoms with Crippen LogP contribution in [0.25, 0.3) is 89.1 Å². The number of para-hydroxylation sites is 2. The van der Waals surface area contributed by atoms with E-state index < -0.39 is 0 Å². The van der Waals surface area contributed by atoms with Crippen LogP contribution in [-0.2, 0) is 0 Å². The molecule has 0 aliphatic rings. The highest BCUT2D eigenvalue weighted by molar-refractivity contribution is 6.10. The Morgan fingerprint density at radius 3 is 1.85 bits per heavy atom. The molecule has 0 unspecified atom stereocenters. The van der Waals surface area contributed by atoms with E-state index in [0.29, 0.717) is 34.2 Å². The summed E-state index contributed by atoms with van der Waals surface area (Å²) in [6.07, 6.45) is 0. The number of benzene rings is 7. The number of hydrogen-bond donors (Lipinski definition) is 1. The Kier molecular flexibility index (Phi) is 6.54. The van der Waals surface area contributed by atoms with Gasteiger partial charge >= 0.3 is 0 Å². The van der Waals surface area contributed by atoms with Gasteiger partial charge in [-0.1, -0.05) is 133 Å². The van der Waals surface area contributed by atoms with Crippen LogP contribution < -0.4 is 0 Å².